The molecule has 0 bridgehead atoms. The molecule has 4 heterocycles. The maximum absolute atomic E-state index is 13.7. The smallest absolute Gasteiger partial charge is 0.265 e. The number of aromatic nitrogens is 5. The molecule has 0 saturated carbocycles. The molecule has 160 valence electrons. The van der Waals surface area contributed by atoms with Gasteiger partial charge in [-0.05, 0) is 47.3 Å². The first-order chi connectivity index (χ1) is 16.2. The van der Waals surface area contributed by atoms with E-state index in [0.717, 1.165) is 22.3 Å². The molecule has 0 aliphatic rings. The molecule has 0 unspecified atom stereocenters. The van der Waals surface area contributed by atoms with E-state index in [2.05, 4.69) is 10.1 Å². The quantitative estimate of drug-likeness (QED) is 0.376. The van der Waals surface area contributed by atoms with E-state index in [1.807, 2.05) is 53.2 Å². The van der Waals surface area contributed by atoms with Gasteiger partial charge in [0.2, 0.25) is 0 Å². The van der Waals surface area contributed by atoms with Gasteiger partial charge in [-0.1, -0.05) is 30.3 Å². The van der Waals surface area contributed by atoms with Crippen molar-refractivity contribution in [2.45, 2.75) is 6.54 Å². The van der Waals surface area contributed by atoms with Crippen molar-refractivity contribution in [3.8, 4) is 22.5 Å². The van der Waals surface area contributed by atoms with Crippen LogP contribution in [0.4, 0.5) is 4.39 Å². The van der Waals surface area contributed by atoms with Gasteiger partial charge in [0.1, 0.15) is 23.4 Å². The van der Waals surface area contributed by atoms with Gasteiger partial charge in [-0.3, -0.25) is 4.79 Å². The molecule has 6 aromatic rings. The van der Waals surface area contributed by atoms with Crippen LogP contribution < -0.4 is 5.56 Å². The summed E-state index contributed by atoms with van der Waals surface area (Å²) in [4.78, 5) is 17.9. The topological polar surface area (TPSA) is 65.1 Å². The van der Waals surface area contributed by atoms with E-state index in [4.69, 9.17) is 5.10 Å². The lowest BCUT2D eigenvalue weighted by molar-refractivity contribution is 0.627. The Kier molecular flexibility index (Phi) is 4.58. The second-order valence-electron chi connectivity index (χ2n) is 7.64. The highest BCUT2D eigenvalue weighted by molar-refractivity contribution is 7.08. The Balaban J connectivity index is 1.65. The molecule has 2 aromatic carbocycles. The van der Waals surface area contributed by atoms with Gasteiger partial charge in [0, 0.05) is 16.5 Å². The Bertz CT molecular complexity index is 1660. The van der Waals surface area contributed by atoms with Crippen LogP contribution in [-0.4, -0.2) is 24.4 Å². The Labute approximate surface area is 191 Å². The number of rotatable bonds is 4. The molecule has 0 radical (unpaired) electrons. The maximum Gasteiger partial charge on any atom is 0.293 e. The first-order valence-electron chi connectivity index (χ1n) is 10.3. The van der Waals surface area contributed by atoms with Gasteiger partial charge in [0.15, 0.2) is 0 Å². The van der Waals surface area contributed by atoms with E-state index in [1.165, 1.54) is 16.8 Å². The summed E-state index contributed by atoms with van der Waals surface area (Å²) in [5.74, 6) is -0.340. The zero-order valence-electron chi connectivity index (χ0n) is 17.2. The zero-order valence-corrected chi connectivity index (χ0v) is 18.0. The molecule has 0 aliphatic heterocycles. The number of hydrogen-bond donors (Lipinski definition) is 0. The highest BCUT2D eigenvalue weighted by atomic mass is 32.1. The van der Waals surface area contributed by atoms with Crippen LogP contribution in [0.5, 0.6) is 0 Å². The second kappa shape index (κ2) is 7.75. The summed E-state index contributed by atoms with van der Waals surface area (Å²) in [6.45, 7) is 0.302. The summed E-state index contributed by atoms with van der Waals surface area (Å²) in [5, 5.41) is 14.0. The van der Waals surface area contributed by atoms with Crippen LogP contribution in [-0.2, 0) is 6.54 Å². The number of fused-ring (bicyclic) bond motifs is 3. The number of hydrogen-bond acceptors (Lipinski definition) is 5. The minimum Gasteiger partial charge on any atom is -0.265 e. The average Bonchev–Trinajstić information content (AvgIpc) is 3.52. The molecule has 0 saturated heterocycles. The number of thiophene rings is 1. The van der Waals surface area contributed by atoms with Crippen LogP contribution >= 0.6 is 11.3 Å². The lowest BCUT2D eigenvalue weighted by atomic mass is 10.1. The number of nitrogens with zero attached hydrogens (tertiary/aromatic N) is 5. The predicted molar refractivity (Wildman–Crippen MR) is 127 cm³/mol. The van der Waals surface area contributed by atoms with Crippen molar-refractivity contribution in [2.75, 3.05) is 0 Å². The Morgan fingerprint density at radius 1 is 0.939 bits per heavy atom. The largest absolute Gasteiger partial charge is 0.293 e. The highest BCUT2D eigenvalue weighted by Crippen LogP contribution is 2.30. The molecule has 0 N–H and O–H groups in total. The van der Waals surface area contributed by atoms with Gasteiger partial charge in [0.05, 0.1) is 23.1 Å². The SMILES string of the molecule is O=c1c2ncn3nc(-c4ccsc4)cc3c2c(-c2ccc(F)cc2)nn1Cc1ccccc1. The van der Waals surface area contributed by atoms with E-state index in [0.29, 0.717) is 28.7 Å². The lowest BCUT2D eigenvalue weighted by Crippen LogP contribution is -2.25. The standard InChI is InChI=1S/C25H16FN5OS/c26-19-8-6-17(7-9-19)23-22-21-12-20(18-10-11-33-14-18)28-31(21)15-27-24(22)25(32)30(29-23)13-16-4-2-1-3-5-16/h1-12,14-15H,13H2. The third-order valence-electron chi connectivity index (χ3n) is 5.53. The molecule has 8 heteroatoms. The monoisotopic (exact) mass is 453 g/mol. The van der Waals surface area contributed by atoms with E-state index < -0.39 is 0 Å². The molecule has 0 fully saturated rings. The van der Waals surface area contributed by atoms with Crippen molar-refractivity contribution in [3.05, 3.63) is 106 Å². The zero-order chi connectivity index (χ0) is 22.4. The lowest BCUT2D eigenvalue weighted by Gasteiger charge is -2.12. The van der Waals surface area contributed by atoms with Crippen molar-refractivity contribution >= 4 is 27.8 Å². The minimum atomic E-state index is -0.340. The second-order valence-corrected chi connectivity index (χ2v) is 8.42. The van der Waals surface area contributed by atoms with Gasteiger partial charge in [-0.25, -0.2) is 18.6 Å². The fraction of sp³-hybridized carbons (Fsp3) is 0.0400. The Morgan fingerprint density at radius 2 is 1.76 bits per heavy atom. The minimum absolute atomic E-state index is 0.291. The molecule has 0 spiro atoms. The van der Waals surface area contributed by atoms with Crippen LogP contribution in [0.2, 0.25) is 0 Å². The summed E-state index contributed by atoms with van der Waals surface area (Å²) in [7, 11) is 0. The Morgan fingerprint density at radius 3 is 2.52 bits per heavy atom. The highest BCUT2D eigenvalue weighted by Gasteiger charge is 2.19. The molecule has 0 atom stereocenters. The van der Waals surface area contributed by atoms with Gasteiger partial charge >= 0.3 is 0 Å². The van der Waals surface area contributed by atoms with Gasteiger partial charge in [0.25, 0.3) is 5.56 Å². The molecule has 6 rings (SSSR count). The summed E-state index contributed by atoms with van der Waals surface area (Å²) < 4.78 is 16.7. The van der Waals surface area contributed by atoms with Crippen molar-refractivity contribution < 1.29 is 4.39 Å². The molecule has 0 amide bonds. The fourth-order valence-corrected chi connectivity index (χ4v) is 4.58. The van der Waals surface area contributed by atoms with E-state index >= 15 is 0 Å². The first-order valence-corrected chi connectivity index (χ1v) is 11.2. The van der Waals surface area contributed by atoms with Gasteiger partial charge in [-0.2, -0.15) is 21.5 Å². The van der Waals surface area contributed by atoms with Crippen LogP contribution in [0.3, 0.4) is 0 Å². The summed E-state index contributed by atoms with van der Waals surface area (Å²) in [6, 6.07) is 19.7. The molecular formula is C25H16FN5OS. The van der Waals surface area contributed by atoms with Crippen molar-refractivity contribution in [1.82, 2.24) is 24.4 Å². The summed E-state index contributed by atoms with van der Waals surface area (Å²) in [6.07, 6.45) is 1.55. The molecule has 0 aliphatic carbocycles. The van der Waals surface area contributed by atoms with Crippen molar-refractivity contribution in [2.24, 2.45) is 0 Å². The normalized spacial score (nSPS) is 11.4. The number of halogens is 1. The first kappa shape index (κ1) is 19.5. The third-order valence-corrected chi connectivity index (χ3v) is 6.21. The maximum atomic E-state index is 13.7. The summed E-state index contributed by atoms with van der Waals surface area (Å²) in [5.41, 5.74) is 4.69. The Hall–Kier alpha value is -4.17. The predicted octanol–water partition coefficient (Wildman–Crippen LogP) is 5.02. The molecule has 6 nitrogen and oxygen atoms in total. The van der Waals surface area contributed by atoms with Gasteiger partial charge < -0.3 is 0 Å². The molecule has 33 heavy (non-hydrogen) atoms. The average molecular weight is 454 g/mol. The van der Waals surface area contributed by atoms with Crippen LogP contribution in [0.15, 0.2) is 88.6 Å². The number of benzene rings is 2. The van der Waals surface area contributed by atoms with Crippen molar-refractivity contribution in [3.63, 3.8) is 0 Å². The van der Waals surface area contributed by atoms with E-state index in [1.54, 1.807) is 34.3 Å². The summed E-state index contributed by atoms with van der Waals surface area (Å²) >= 11 is 1.59. The van der Waals surface area contributed by atoms with Crippen LogP contribution in [0.1, 0.15) is 5.56 Å². The van der Waals surface area contributed by atoms with E-state index in [9.17, 15) is 9.18 Å². The molecule has 4 aromatic heterocycles. The molecular weight excluding hydrogens is 437 g/mol. The fourth-order valence-electron chi connectivity index (χ4n) is 3.93. The van der Waals surface area contributed by atoms with E-state index in [-0.39, 0.29) is 11.4 Å². The third kappa shape index (κ3) is 3.41. The van der Waals surface area contributed by atoms with Crippen LogP contribution in [0, 0.1) is 5.82 Å². The van der Waals surface area contributed by atoms with Gasteiger partial charge in [-0.15, -0.1) is 0 Å². The van der Waals surface area contributed by atoms with Crippen LogP contribution in [0.25, 0.3) is 38.9 Å². The van der Waals surface area contributed by atoms with Crippen molar-refractivity contribution in [1.29, 1.82) is 0 Å².